The molecule has 0 radical (unpaired) electrons. The molecule has 0 amide bonds. The number of nitrogens with zero attached hydrogens (tertiary/aromatic N) is 1. The van der Waals surface area contributed by atoms with Crippen molar-refractivity contribution in [2.24, 2.45) is 0 Å². The summed E-state index contributed by atoms with van der Waals surface area (Å²) in [6.45, 7) is 0.0876. The summed E-state index contributed by atoms with van der Waals surface area (Å²) in [5.41, 5.74) is 0.833. The molecule has 0 bridgehead atoms. The molecule has 96 valence electrons. The van der Waals surface area contributed by atoms with Crippen LogP contribution in [0.2, 0.25) is 0 Å². The molecular weight excluding hydrogens is 245 g/mol. The van der Waals surface area contributed by atoms with Gasteiger partial charge in [-0.05, 0) is 12.0 Å². The van der Waals surface area contributed by atoms with Crippen LogP contribution in [0, 0.1) is 0 Å². The molecule has 0 saturated heterocycles. The molecule has 1 heterocycles. The highest BCUT2D eigenvalue weighted by molar-refractivity contribution is 5.17. The molecule has 0 N–H and O–H groups in total. The van der Waals surface area contributed by atoms with Crippen molar-refractivity contribution in [1.82, 2.24) is 4.98 Å². The van der Waals surface area contributed by atoms with Crippen LogP contribution in [0.15, 0.2) is 18.3 Å². The molecule has 17 heavy (non-hydrogen) atoms. The molecule has 0 aliphatic carbocycles. The van der Waals surface area contributed by atoms with Crippen LogP contribution in [0.5, 0.6) is 5.88 Å². The van der Waals surface area contributed by atoms with E-state index in [0.717, 1.165) is 5.56 Å². The quantitative estimate of drug-likeness (QED) is 0.770. The molecule has 0 aliphatic heterocycles. The van der Waals surface area contributed by atoms with E-state index in [1.807, 2.05) is 6.92 Å². The highest BCUT2D eigenvalue weighted by Crippen LogP contribution is 2.35. The number of pyridine rings is 1. The lowest BCUT2D eigenvalue weighted by molar-refractivity contribution is -0.290. The van der Waals surface area contributed by atoms with Crippen molar-refractivity contribution in [2.75, 3.05) is 6.61 Å². The smallest absolute Gasteiger partial charge is 0.456 e. The standard InChI is InChI=1S/C10H10F5NO/c1-2-7-3-4-8(16-5-7)17-6-9(11,12)10(13,14)15/h3-5H,2,6H2,1H3. The Kier molecular flexibility index (Phi) is 3.90. The van der Waals surface area contributed by atoms with E-state index in [1.54, 1.807) is 6.07 Å². The molecule has 1 aromatic heterocycles. The van der Waals surface area contributed by atoms with Crippen LogP contribution in [0.3, 0.4) is 0 Å². The van der Waals surface area contributed by atoms with Gasteiger partial charge in [0.25, 0.3) is 0 Å². The summed E-state index contributed by atoms with van der Waals surface area (Å²) in [7, 11) is 0. The first-order chi connectivity index (χ1) is 7.76. The topological polar surface area (TPSA) is 22.1 Å². The second kappa shape index (κ2) is 4.85. The maximum absolute atomic E-state index is 12.5. The summed E-state index contributed by atoms with van der Waals surface area (Å²) in [5.74, 6) is -5.14. The normalized spacial score (nSPS) is 12.6. The SMILES string of the molecule is CCc1ccc(OCC(F)(F)C(F)(F)F)nc1. The molecule has 1 aromatic rings. The van der Waals surface area contributed by atoms with Crippen molar-refractivity contribution in [2.45, 2.75) is 25.4 Å². The van der Waals surface area contributed by atoms with E-state index in [-0.39, 0.29) is 5.88 Å². The maximum Gasteiger partial charge on any atom is 0.456 e. The molecule has 2 nitrogen and oxygen atoms in total. The minimum atomic E-state index is -5.61. The van der Waals surface area contributed by atoms with Gasteiger partial charge in [0.15, 0.2) is 6.61 Å². The van der Waals surface area contributed by atoms with E-state index in [4.69, 9.17) is 0 Å². The van der Waals surface area contributed by atoms with Gasteiger partial charge in [-0.2, -0.15) is 22.0 Å². The monoisotopic (exact) mass is 255 g/mol. The lowest BCUT2D eigenvalue weighted by atomic mass is 10.2. The van der Waals surface area contributed by atoms with Gasteiger partial charge in [-0.25, -0.2) is 4.98 Å². The Morgan fingerprint density at radius 2 is 1.82 bits per heavy atom. The molecule has 0 saturated carbocycles. The molecule has 1 rings (SSSR count). The molecule has 0 spiro atoms. The Labute approximate surface area is 94.4 Å². The van der Waals surface area contributed by atoms with E-state index in [2.05, 4.69) is 9.72 Å². The first-order valence-corrected chi connectivity index (χ1v) is 4.78. The largest absolute Gasteiger partial charge is 0.471 e. The second-order valence-electron chi connectivity index (χ2n) is 3.35. The highest BCUT2D eigenvalue weighted by Gasteiger charge is 2.58. The third kappa shape index (κ3) is 3.54. The average Bonchev–Trinajstić information content (AvgIpc) is 2.25. The number of aromatic nitrogens is 1. The Bertz CT molecular complexity index is 360. The van der Waals surface area contributed by atoms with E-state index in [9.17, 15) is 22.0 Å². The van der Waals surface area contributed by atoms with Crippen LogP contribution in [-0.2, 0) is 6.42 Å². The summed E-state index contributed by atoms with van der Waals surface area (Å²) >= 11 is 0. The summed E-state index contributed by atoms with van der Waals surface area (Å²) in [5, 5.41) is 0. The van der Waals surface area contributed by atoms with Crippen LogP contribution in [0.1, 0.15) is 12.5 Å². The first kappa shape index (κ1) is 13.7. The van der Waals surface area contributed by atoms with Gasteiger partial charge < -0.3 is 4.74 Å². The molecule has 0 atom stereocenters. The molecule has 7 heteroatoms. The number of alkyl halides is 5. The first-order valence-electron chi connectivity index (χ1n) is 4.78. The average molecular weight is 255 g/mol. The molecule has 0 unspecified atom stereocenters. The molecule has 0 aromatic carbocycles. The van der Waals surface area contributed by atoms with Crippen molar-refractivity contribution in [3.05, 3.63) is 23.9 Å². The van der Waals surface area contributed by atoms with Gasteiger partial charge in [-0.15, -0.1) is 0 Å². The fourth-order valence-corrected chi connectivity index (χ4v) is 0.952. The van der Waals surface area contributed by atoms with Gasteiger partial charge in [0.2, 0.25) is 5.88 Å². The highest BCUT2D eigenvalue weighted by atomic mass is 19.4. The number of hydrogen-bond acceptors (Lipinski definition) is 2. The Balaban J connectivity index is 2.61. The van der Waals surface area contributed by atoms with Crippen molar-refractivity contribution in [3.8, 4) is 5.88 Å². The number of aryl methyl sites for hydroxylation is 1. The number of ether oxygens (including phenoxy) is 1. The van der Waals surface area contributed by atoms with Crippen molar-refractivity contribution >= 4 is 0 Å². The maximum atomic E-state index is 12.5. The van der Waals surface area contributed by atoms with Crippen LogP contribution in [-0.4, -0.2) is 23.7 Å². The lowest BCUT2D eigenvalue weighted by Crippen LogP contribution is -2.41. The molecule has 0 fully saturated rings. The van der Waals surface area contributed by atoms with Gasteiger partial charge in [-0.1, -0.05) is 13.0 Å². The Morgan fingerprint density at radius 3 is 2.24 bits per heavy atom. The number of rotatable bonds is 4. The minimum absolute atomic E-state index is 0.258. The van der Waals surface area contributed by atoms with Gasteiger partial charge in [-0.3, -0.25) is 0 Å². The zero-order valence-corrected chi connectivity index (χ0v) is 8.89. The van der Waals surface area contributed by atoms with Gasteiger partial charge in [0.05, 0.1) is 0 Å². The van der Waals surface area contributed by atoms with Crippen molar-refractivity contribution in [3.63, 3.8) is 0 Å². The molecular formula is C10H10F5NO. The number of hydrogen-bond donors (Lipinski definition) is 0. The van der Waals surface area contributed by atoms with Crippen molar-refractivity contribution in [1.29, 1.82) is 0 Å². The van der Waals surface area contributed by atoms with E-state index in [0.29, 0.717) is 6.42 Å². The van der Waals surface area contributed by atoms with E-state index < -0.39 is 18.7 Å². The fourth-order valence-electron chi connectivity index (χ4n) is 0.952. The summed E-state index contributed by atoms with van der Waals surface area (Å²) < 4.78 is 64.7. The second-order valence-corrected chi connectivity index (χ2v) is 3.35. The fraction of sp³-hybridized carbons (Fsp3) is 0.500. The predicted octanol–water partition coefficient (Wildman–Crippen LogP) is 3.22. The number of halogens is 5. The summed E-state index contributed by atoms with van der Waals surface area (Å²) in [4.78, 5) is 3.61. The third-order valence-electron chi connectivity index (χ3n) is 2.02. The lowest BCUT2D eigenvalue weighted by Gasteiger charge is -2.19. The summed E-state index contributed by atoms with van der Waals surface area (Å²) in [6, 6.07) is 2.80. The van der Waals surface area contributed by atoms with Crippen LogP contribution in [0.25, 0.3) is 0 Å². The van der Waals surface area contributed by atoms with Gasteiger partial charge in [0, 0.05) is 12.3 Å². The van der Waals surface area contributed by atoms with Crippen LogP contribution < -0.4 is 4.74 Å². The molecule has 0 aliphatic rings. The zero-order valence-electron chi connectivity index (χ0n) is 8.89. The Morgan fingerprint density at radius 1 is 1.18 bits per heavy atom. The summed E-state index contributed by atoms with van der Waals surface area (Å²) in [6.07, 6.45) is -3.57. The van der Waals surface area contributed by atoms with Crippen molar-refractivity contribution < 1.29 is 26.7 Å². The van der Waals surface area contributed by atoms with Gasteiger partial charge >= 0.3 is 12.1 Å². The third-order valence-corrected chi connectivity index (χ3v) is 2.02. The predicted molar refractivity (Wildman–Crippen MR) is 50.1 cm³/mol. The van der Waals surface area contributed by atoms with Gasteiger partial charge in [0.1, 0.15) is 0 Å². The zero-order chi connectivity index (χ0) is 13.1. The van der Waals surface area contributed by atoms with E-state index in [1.165, 1.54) is 12.3 Å². The van der Waals surface area contributed by atoms with E-state index >= 15 is 0 Å². The van der Waals surface area contributed by atoms with Crippen LogP contribution in [0.4, 0.5) is 22.0 Å². The Hall–Kier alpha value is -1.40. The van der Waals surface area contributed by atoms with Crippen LogP contribution >= 0.6 is 0 Å². The minimum Gasteiger partial charge on any atom is -0.471 e.